The molecule has 0 N–H and O–H groups in total. The van der Waals surface area contributed by atoms with E-state index in [0.717, 1.165) is 11.8 Å². The first kappa shape index (κ1) is 15.3. The minimum Gasteiger partial charge on any atom is -0.444 e. The number of benzene rings is 1. The second kappa shape index (κ2) is 4.98. The predicted octanol–water partition coefficient (Wildman–Crippen LogP) is 3.27. The standard InChI is InChI=1S/C17H20ClNO3/c1-16(2,3)22-15(21)19-8-13-14(9-20)17(13,10-19)11-4-6-12(18)7-5-11/h4-7,9,13-14H,8,10H2,1-3H3. The number of ether oxygens (including phenoxy) is 1. The average molecular weight is 322 g/mol. The summed E-state index contributed by atoms with van der Waals surface area (Å²) < 4.78 is 5.44. The Kier molecular flexibility index (Phi) is 3.48. The highest BCUT2D eigenvalue weighted by Crippen LogP contribution is 2.63. The van der Waals surface area contributed by atoms with Crippen LogP contribution >= 0.6 is 11.6 Å². The highest BCUT2D eigenvalue weighted by molar-refractivity contribution is 6.30. The fourth-order valence-corrected chi connectivity index (χ4v) is 3.73. The Balaban J connectivity index is 1.81. The molecule has 1 aromatic carbocycles. The lowest BCUT2D eigenvalue weighted by atomic mass is 9.93. The molecule has 22 heavy (non-hydrogen) atoms. The van der Waals surface area contributed by atoms with Gasteiger partial charge in [0.05, 0.1) is 0 Å². The number of rotatable bonds is 2. The molecule has 1 saturated carbocycles. The number of amides is 1. The fraction of sp³-hybridized carbons (Fsp3) is 0.529. The molecule has 1 aromatic rings. The lowest BCUT2D eigenvalue weighted by Crippen LogP contribution is -2.39. The van der Waals surface area contributed by atoms with Crippen LogP contribution in [-0.2, 0) is 14.9 Å². The Morgan fingerprint density at radius 2 is 2.00 bits per heavy atom. The summed E-state index contributed by atoms with van der Waals surface area (Å²) in [7, 11) is 0. The topological polar surface area (TPSA) is 46.6 Å². The summed E-state index contributed by atoms with van der Waals surface area (Å²) in [4.78, 5) is 25.3. The minimum atomic E-state index is -0.513. The molecule has 3 atom stereocenters. The molecule has 0 radical (unpaired) electrons. The Labute approximate surface area is 135 Å². The molecular formula is C17H20ClNO3. The summed E-state index contributed by atoms with van der Waals surface area (Å²) in [5.74, 6) is 0.158. The summed E-state index contributed by atoms with van der Waals surface area (Å²) in [6, 6.07) is 7.58. The lowest BCUT2D eigenvalue weighted by Gasteiger charge is -2.27. The molecule has 2 aliphatic rings. The fourth-order valence-electron chi connectivity index (χ4n) is 3.61. The van der Waals surface area contributed by atoms with Crippen LogP contribution in [0.1, 0.15) is 26.3 Å². The first-order chi connectivity index (χ1) is 10.3. The van der Waals surface area contributed by atoms with Crippen molar-refractivity contribution in [3.05, 3.63) is 34.9 Å². The molecule has 118 valence electrons. The third kappa shape index (κ3) is 2.39. The smallest absolute Gasteiger partial charge is 0.410 e. The molecule has 4 nitrogen and oxygen atoms in total. The molecule has 1 saturated heterocycles. The van der Waals surface area contributed by atoms with Crippen molar-refractivity contribution in [1.82, 2.24) is 4.90 Å². The Morgan fingerprint density at radius 3 is 2.55 bits per heavy atom. The number of halogens is 1. The van der Waals surface area contributed by atoms with Crippen LogP contribution < -0.4 is 0 Å². The number of hydrogen-bond acceptors (Lipinski definition) is 3. The normalized spacial score (nSPS) is 29.9. The molecule has 2 fully saturated rings. The first-order valence-corrected chi connectivity index (χ1v) is 7.85. The van der Waals surface area contributed by atoms with Gasteiger partial charge in [0.25, 0.3) is 0 Å². The molecule has 1 aliphatic heterocycles. The van der Waals surface area contributed by atoms with Crippen LogP contribution in [0.4, 0.5) is 4.79 Å². The first-order valence-electron chi connectivity index (χ1n) is 7.47. The van der Waals surface area contributed by atoms with Gasteiger partial charge in [-0.3, -0.25) is 0 Å². The highest BCUT2D eigenvalue weighted by Gasteiger charge is 2.70. The van der Waals surface area contributed by atoms with E-state index < -0.39 is 5.60 Å². The van der Waals surface area contributed by atoms with E-state index in [0.29, 0.717) is 18.1 Å². The van der Waals surface area contributed by atoms with E-state index in [1.165, 1.54) is 0 Å². The van der Waals surface area contributed by atoms with Crippen molar-refractivity contribution in [1.29, 1.82) is 0 Å². The van der Waals surface area contributed by atoms with E-state index in [9.17, 15) is 9.59 Å². The largest absolute Gasteiger partial charge is 0.444 e. The number of piperidine rings is 1. The monoisotopic (exact) mass is 321 g/mol. The van der Waals surface area contributed by atoms with E-state index in [2.05, 4.69) is 0 Å². The molecule has 1 aliphatic carbocycles. The number of carbonyl (C=O) groups is 2. The molecule has 0 spiro atoms. The molecule has 1 amide bonds. The van der Waals surface area contributed by atoms with Gasteiger partial charge in [0, 0.05) is 29.4 Å². The SMILES string of the molecule is CC(C)(C)OC(=O)N1CC2C(C=O)C2(c2ccc(Cl)cc2)C1. The summed E-state index contributed by atoms with van der Waals surface area (Å²) in [6.07, 6.45) is 0.712. The predicted molar refractivity (Wildman–Crippen MR) is 84.0 cm³/mol. The van der Waals surface area contributed by atoms with Gasteiger partial charge in [-0.25, -0.2) is 4.79 Å². The maximum Gasteiger partial charge on any atom is 0.410 e. The van der Waals surface area contributed by atoms with Crippen molar-refractivity contribution in [2.45, 2.75) is 31.8 Å². The van der Waals surface area contributed by atoms with Crippen LogP contribution in [0.5, 0.6) is 0 Å². The van der Waals surface area contributed by atoms with Crippen LogP contribution in [0.15, 0.2) is 24.3 Å². The van der Waals surface area contributed by atoms with Gasteiger partial charge in [-0.05, 0) is 44.4 Å². The van der Waals surface area contributed by atoms with Crippen molar-refractivity contribution in [2.24, 2.45) is 11.8 Å². The van der Waals surface area contributed by atoms with E-state index in [4.69, 9.17) is 16.3 Å². The number of likely N-dealkylation sites (tertiary alicyclic amines) is 1. The Morgan fingerprint density at radius 1 is 1.36 bits per heavy atom. The Bertz CT molecular complexity index is 607. The van der Waals surface area contributed by atoms with Crippen molar-refractivity contribution < 1.29 is 14.3 Å². The van der Waals surface area contributed by atoms with E-state index in [1.807, 2.05) is 45.0 Å². The van der Waals surface area contributed by atoms with Crippen LogP contribution in [0, 0.1) is 11.8 Å². The van der Waals surface area contributed by atoms with Gasteiger partial charge in [0.1, 0.15) is 11.9 Å². The molecule has 1 heterocycles. The third-order valence-electron chi connectivity index (χ3n) is 4.63. The molecule has 0 aromatic heterocycles. The zero-order chi connectivity index (χ0) is 16.1. The van der Waals surface area contributed by atoms with Gasteiger partial charge in [-0.1, -0.05) is 23.7 Å². The molecule has 5 heteroatoms. The van der Waals surface area contributed by atoms with Gasteiger partial charge < -0.3 is 14.4 Å². The molecule has 3 rings (SSSR count). The number of nitrogens with zero attached hydrogens (tertiary/aromatic N) is 1. The van der Waals surface area contributed by atoms with Crippen molar-refractivity contribution in [2.75, 3.05) is 13.1 Å². The van der Waals surface area contributed by atoms with E-state index in [1.54, 1.807) is 4.90 Å². The number of hydrogen-bond donors (Lipinski definition) is 0. The highest BCUT2D eigenvalue weighted by atomic mass is 35.5. The van der Waals surface area contributed by atoms with Gasteiger partial charge in [0.15, 0.2) is 0 Å². The zero-order valence-electron chi connectivity index (χ0n) is 13.0. The van der Waals surface area contributed by atoms with Crippen LogP contribution in [0.2, 0.25) is 5.02 Å². The summed E-state index contributed by atoms with van der Waals surface area (Å²) in [6.45, 7) is 6.65. The number of carbonyl (C=O) groups excluding carboxylic acids is 2. The van der Waals surface area contributed by atoms with E-state index in [-0.39, 0.29) is 23.3 Å². The lowest BCUT2D eigenvalue weighted by molar-refractivity contribution is -0.109. The number of aldehydes is 1. The van der Waals surface area contributed by atoms with Crippen molar-refractivity contribution in [3.8, 4) is 0 Å². The second-order valence-corrected chi connectivity index (χ2v) is 7.61. The average Bonchev–Trinajstić information content (AvgIpc) is 2.85. The van der Waals surface area contributed by atoms with E-state index >= 15 is 0 Å². The summed E-state index contributed by atoms with van der Waals surface area (Å²) in [5, 5.41) is 0.669. The summed E-state index contributed by atoms with van der Waals surface area (Å²) in [5.41, 5.74) is 0.301. The Hall–Kier alpha value is -1.55. The van der Waals surface area contributed by atoms with Gasteiger partial charge >= 0.3 is 6.09 Å². The summed E-state index contributed by atoms with van der Waals surface area (Å²) >= 11 is 5.95. The molecular weight excluding hydrogens is 302 g/mol. The zero-order valence-corrected chi connectivity index (χ0v) is 13.8. The van der Waals surface area contributed by atoms with Crippen molar-refractivity contribution in [3.63, 3.8) is 0 Å². The second-order valence-electron chi connectivity index (χ2n) is 7.18. The van der Waals surface area contributed by atoms with Crippen molar-refractivity contribution >= 4 is 24.0 Å². The van der Waals surface area contributed by atoms with Crippen LogP contribution in [-0.4, -0.2) is 36.0 Å². The minimum absolute atomic E-state index is 0.0210. The molecule has 3 unspecified atom stereocenters. The number of fused-ring (bicyclic) bond motifs is 1. The van der Waals surface area contributed by atoms with Crippen LogP contribution in [0.3, 0.4) is 0 Å². The quantitative estimate of drug-likeness (QED) is 0.785. The van der Waals surface area contributed by atoms with Gasteiger partial charge in [-0.2, -0.15) is 0 Å². The maximum atomic E-state index is 12.2. The van der Waals surface area contributed by atoms with Gasteiger partial charge in [0.2, 0.25) is 0 Å². The van der Waals surface area contributed by atoms with Gasteiger partial charge in [-0.15, -0.1) is 0 Å². The molecule has 0 bridgehead atoms. The van der Waals surface area contributed by atoms with Crippen LogP contribution in [0.25, 0.3) is 0 Å². The maximum absolute atomic E-state index is 12.2. The third-order valence-corrected chi connectivity index (χ3v) is 4.88.